The smallest absolute Gasteiger partial charge is 0.326 e. The monoisotopic (exact) mass is 173 g/mol. The predicted molar refractivity (Wildman–Crippen MR) is 41.4 cm³/mol. The first kappa shape index (κ1) is 8.79. The highest BCUT2D eigenvalue weighted by molar-refractivity contribution is 5.77. The molecule has 4 N–H and O–H groups in total. The van der Waals surface area contributed by atoms with Crippen molar-refractivity contribution in [2.24, 2.45) is 10.9 Å². The molecule has 1 fully saturated rings. The van der Waals surface area contributed by atoms with Crippen LogP contribution in [-0.2, 0) is 4.79 Å². The van der Waals surface area contributed by atoms with E-state index in [0.717, 1.165) is 0 Å². The van der Waals surface area contributed by atoms with Crippen molar-refractivity contribution in [1.29, 1.82) is 0 Å². The second-order valence-corrected chi connectivity index (χ2v) is 2.70. The molecule has 6 nitrogen and oxygen atoms in total. The van der Waals surface area contributed by atoms with Gasteiger partial charge in [-0.15, -0.1) is 0 Å². The second kappa shape index (κ2) is 3.40. The van der Waals surface area contributed by atoms with Crippen LogP contribution in [0.15, 0.2) is 5.10 Å². The minimum absolute atomic E-state index is 0.224. The molecule has 0 bridgehead atoms. The number of aliphatic carboxylic acids is 1. The van der Waals surface area contributed by atoms with Crippen LogP contribution >= 0.6 is 0 Å². The number of likely N-dealkylation sites (tertiary alicyclic amines) is 1. The molecule has 0 saturated carbocycles. The lowest BCUT2D eigenvalue weighted by atomic mass is 10.2. The van der Waals surface area contributed by atoms with E-state index in [4.69, 9.17) is 16.1 Å². The number of β-amino-alcohol motifs (C(OH)–C–C–N with tert-alkyl or cyclic N) is 1. The van der Waals surface area contributed by atoms with Crippen molar-refractivity contribution >= 4 is 12.3 Å². The summed E-state index contributed by atoms with van der Waals surface area (Å²) in [6.07, 6.45) is 0.847. The van der Waals surface area contributed by atoms with Crippen LogP contribution in [0.5, 0.6) is 0 Å². The fourth-order valence-corrected chi connectivity index (χ4v) is 1.29. The Balaban J connectivity index is 2.65. The Labute approximate surface area is 69.3 Å². The molecule has 1 aliphatic heterocycles. The summed E-state index contributed by atoms with van der Waals surface area (Å²) in [6.45, 7) is 0.275. The summed E-state index contributed by atoms with van der Waals surface area (Å²) in [5.41, 5.74) is 0. The molecule has 1 aliphatic rings. The normalized spacial score (nSPS) is 29.9. The third-order valence-corrected chi connectivity index (χ3v) is 1.82. The molecule has 1 saturated heterocycles. The summed E-state index contributed by atoms with van der Waals surface area (Å²) < 4.78 is 0. The van der Waals surface area contributed by atoms with Gasteiger partial charge in [0.2, 0.25) is 0 Å². The first-order valence-corrected chi connectivity index (χ1v) is 3.55. The van der Waals surface area contributed by atoms with Gasteiger partial charge in [0.25, 0.3) is 0 Å². The van der Waals surface area contributed by atoms with E-state index in [1.54, 1.807) is 0 Å². The van der Waals surface area contributed by atoms with E-state index in [0.29, 0.717) is 0 Å². The van der Waals surface area contributed by atoms with E-state index in [1.165, 1.54) is 11.2 Å². The molecule has 0 spiro atoms. The summed E-state index contributed by atoms with van der Waals surface area (Å²) >= 11 is 0. The van der Waals surface area contributed by atoms with Gasteiger partial charge in [0.15, 0.2) is 0 Å². The van der Waals surface area contributed by atoms with Crippen LogP contribution in [0.2, 0.25) is 0 Å². The van der Waals surface area contributed by atoms with Gasteiger partial charge in [-0.25, -0.2) is 4.79 Å². The van der Waals surface area contributed by atoms with Crippen LogP contribution in [0.1, 0.15) is 6.42 Å². The Hall–Kier alpha value is -1.30. The molecular formula is C6H11N3O3. The first-order valence-electron chi connectivity index (χ1n) is 3.55. The number of hydrazone groups is 1. The standard InChI is InChI=1S/C6H11N3O3/c7-8-3-9-2-4(10)1-5(9)6(11)12/h3-5,10H,1-2,7H2,(H,11,12). The highest BCUT2D eigenvalue weighted by atomic mass is 16.4. The number of hydrogen-bond acceptors (Lipinski definition) is 4. The van der Waals surface area contributed by atoms with Crippen LogP contribution in [0.25, 0.3) is 0 Å². The van der Waals surface area contributed by atoms with Crippen molar-refractivity contribution in [2.75, 3.05) is 6.54 Å². The minimum Gasteiger partial charge on any atom is -0.480 e. The lowest BCUT2D eigenvalue weighted by Gasteiger charge is -2.16. The van der Waals surface area contributed by atoms with Gasteiger partial charge in [0, 0.05) is 13.0 Å². The Morgan fingerprint density at radius 1 is 1.75 bits per heavy atom. The van der Waals surface area contributed by atoms with Gasteiger partial charge < -0.3 is 21.0 Å². The molecule has 0 aliphatic carbocycles. The maximum atomic E-state index is 10.6. The Bertz CT molecular complexity index is 206. The number of aliphatic hydroxyl groups excluding tert-OH is 1. The van der Waals surface area contributed by atoms with Crippen LogP contribution in [0.3, 0.4) is 0 Å². The predicted octanol–water partition coefficient (Wildman–Crippen LogP) is -1.59. The lowest BCUT2D eigenvalue weighted by molar-refractivity contribution is -0.140. The average molecular weight is 173 g/mol. The van der Waals surface area contributed by atoms with Gasteiger partial charge in [-0.05, 0) is 0 Å². The third kappa shape index (κ3) is 1.65. The number of nitrogens with two attached hydrogens (primary N) is 1. The quantitative estimate of drug-likeness (QED) is 0.202. The topological polar surface area (TPSA) is 99.1 Å². The fourth-order valence-electron chi connectivity index (χ4n) is 1.29. The molecule has 68 valence electrons. The molecule has 12 heavy (non-hydrogen) atoms. The van der Waals surface area contributed by atoms with E-state index in [-0.39, 0.29) is 13.0 Å². The van der Waals surface area contributed by atoms with E-state index < -0.39 is 18.1 Å². The summed E-state index contributed by atoms with van der Waals surface area (Å²) in [5, 5.41) is 21.0. The highest BCUT2D eigenvalue weighted by Gasteiger charge is 2.34. The van der Waals surface area contributed by atoms with Crippen molar-refractivity contribution < 1.29 is 15.0 Å². The van der Waals surface area contributed by atoms with Gasteiger partial charge in [-0.2, -0.15) is 5.10 Å². The summed E-state index contributed by atoms with van der Waals surface area (Å²) in [7, 11) is 0. The third-order valence-electron chi connectivity index (χ3n) is 1.82. The number of rotatable bonds is 2. The molecule has 1 heterocycles. The minimum atomic E-state index is -0.966. The number of aliphatic hydroxyl groups is 1. The molecule has 2 unspecified atom stereocenters. The number of carboxylic acid groups (broad SMARTS) is 1. The number of carboxylic acids is 1. The molecule has 0 aromatic heterocycles. The van der Waals surface area contributed by atoms with Gasteiger partial charge in [0.1, 0.15) is 12.4 Å². The van der Waals surface area contributed by atoms with Gasteiger partial charge in [-0.3, -0.25) is 0 Å². The molecule has 1 rings (SSSR count). The van der Waals surface area contributed by atoms with Crippen LogP contribution in [0.4, 0.5) is 0 Å². The van der Waals surface area contributed by atoms with Crippen LogP contribution in [-0.4, -0.2) is 46.1 Å². The molecule has 0 aromatic carbocycles. The van der Waals surface area contributed by atoms with Crippen LogP contribution in [0, 0.1) is 0 Å². The van der Waals surface area contributed by atoms with Crippen molar-refractivity contribution in [3.05, 3.63) is 0 Å². The van der Waals surface area contributed by atoms with Crippen molar-refractivity contribution in [3.8, 4) is 0 Å². The lowest BCUT2D eigenvalue weighted by Crippen LogP contribution is -2.35. The zero-order chi connectivity index (χ0) is 9.14. The summed E-state index contributed by atoms with van der Waals surface area (Å²) in [5.74, 6) is 3.90. The molecular weight excluding hydrogens is 162 g/mol. The van der Waals surface area contributed by atoms with E-state index in [1.807, 2.05) is 0 Å². The molecule has 0 aromatic rings. The molecule has 2 atom stereocenters. The SMILES string of the molecule is NN=CN1CC(O)CC1C(=O)O. The number of hydrogen-bond donors (Lipinski definition) is 3. The summed E-state index contributed by atoms with van der Waals surface area (Å²) in [4.78, 5) is 12.0. The maximum absolute atomic E-state index is 10.6. The maximum Gasteiger partial charge on any atom is 0.326 e. The Kier molecular flexibility index (Phi) is 2.49. The zero-order valence-electron chi connectivity index (χ0n) is 6.42. The van der Waals surface area contributed by atoms with Crippen molar-refractivity contribution in [3.63, 3.8) is 0 Å². The van der Waals surface area contributed by atoms with Crippen molar-refractivity contribution in [2.45, 2.75) is 18.6 Å². The zero-order valence-corrected chi connectivity index (χ0v) is 6.42. The Morgan fingerprint density at radius 2 is 2.42 bits per heavy atom. The van der Waals surface area contributed by atoms with E-state index in [2.05, 4.69) is 5.10 Å². The number of carbonyl (C=O) groups is 1. The summed E-state index contributed by atoms with van der Waals surface area (Å²) in [6, 6.07) is -0.702. The van der Waals surface area contributed by atoms with Gasteiger partial charge >= 0.3 is 5.97 Å². The van der Waals surface area contributed by atoms with Crippen molar-refractivity contribution in [1.82, 2.24) is 4.90 Å². The van der Waals surface area contributed by atoms with Gasteiger partial charge in [-0.1, -0.05) is 0 Å². The average Bonchev–Trinajstić information content (AvgIpc) is 2.32. The Morgan fingerprint density at radius 3 is 2.92 bits per heavy atom. The second-order valence-electron chi connectivity index (χ2n) is 2.70. The number of nitrogens with zero attached hydrogens (tertiary/aromatic N) is 2. The first-order chi connectivity index (χ1) is 5.65. The highest BCUT2D eigenvalue weighted by Crippen LogP contribution is 2.15. The fraction of sp³-hybridized carbons (Fsp3) is 0.667. The molecule has 0 amide bonds. The molecule has 0 radical (unpaired) electrons. The van der Waals surface area contributed by atoms with Crippen LogP contribution < -0.4 is 5.84 Å². The van der Waals surface area contributed by atoms with E-state index >= 15 is 0 Å². The molecule has 6 heteroatoms. The largest absolute Gasteiger partial charge is 0.480 e. The van der Waals surface area contributed by atoms with Gasteiger partial charge in [0.05, 0.1) is 6.10 Å². The van der Waals surface area contributed by atoms with E-state index in [9.17, 15) is 4.79 Å².